The molecule has 0 unspecified atom stereocenters. The molecule has 0 saturated heterocycles. The van der Waals surface area contributed by atoms with Gasteiger partial charge in [0.05, 0.1) is 6.67 Å². The highest BCUT2D eigenvalue weighted by Gasteiger charge is 1.94. The predicted octanol–water partition coefficient (Wildman–Crippen LogP) is -0.394. The molecule has 2 N–H and O–H groups in total. The Morgan fingerprint density at radius 2 is 2.30 bits per heavy atom. The van der Waals surface area contributed by atoms with Crippen LogP contribution < -0.4 is 10.6 Å². The largest absolute Gasteiger partial charge is 0.341 e. The first kappa shape index (κ1) is 8.94. The van der Waals surface area contributed by atoms with Crippen molar-refractivity contribution in [3.05, 3.63) is 0 Å². The van der Waals surface area contributed by atoms with E-state index in [9.17, 15) is 9.59 Å². The fourth-order valence-electron chi connectivity index (χ4n) is 0.507. The molecule has 0 fully saturated rings. The van der Waals surface area contributed by atoms with Crippen molar-refractivity contribution < 1.29 is 9.59 Å². The van der Waals surface area contributed by atoms with Crippen molar-refractivity contribution in [1.29, 1.82) is 0 Å². The van der Waals surface area contributed by atoms with Crippen molar-refractivity contribution >= 4 is 12.3 Å². The highest BCUT2D eigenvalue weighted by atomic mass is 16.2. The molecule has 0 saturated carbocycles. The number of hydrogen-bond acceptors (Lipinski definition) is 2. The molecule has 4 nitrogen and oxygen atoms in total. The Bertz CT molecular complexity index is 114. The van der Waals surface area contributed by atoms with Crippen LogP contribution in [0.4, 0.5) is 0 Å². The van der Waals surface area contributed by atoms with Crippen LogP contribution in [0.5, 0.6) is 0 Å². The van der Waals surface area contributed by atoms with Gasteiger partial charge in [0.15, 0.2) is 0 Å². The molecule has 0 aromatic heterocycles. The molecule has 0 aliphatic carbocycles. The van der Waals surface area contributed by atoms with Crippen LogP contribution in [-0.2, 0) is 9.59 Å². The van der Waals surface area contributed by atoms with Crippen molar-refractivity contribution in [2.24, 2.45) is 0 Å². The molecule has 0 bridgehead atoms. The van der Waals surface area contributed by atoms with Gasteiger partial charge in [0.2, 0.25) is 12.3 Å². The SMILES string of the molecule is CCCC(=O)NCNC=O. The summed E-state index contributed by atoms with van der Waals surface area (Å²) in [6.07, 6.45) is 1.89. The van der Waals surface area contributed by atoms with Gasteiger partial charge in [-0.25, -0.2) is 0 Å². The smallest absolute Gasteiger partial charge is 0.221 e. The molecule has 0 heterocycles. The molecule has 0 atom stereocenters. The molecule has 0 aromatic rings. The zero-order valence-electron chi connectivity index (χ0n) is 6.02. The number of carbonyl (C=O) groups is 2. The summed E-state index contributed by atoms with van der Waals surface area (Å²) in [5.74, 6) is -0.0307. The first-order valence-corrected chi connectivity index (χ1v) is 3.25. The third-order valence-electron chi connectivity index (χ3n) is 0.948. The maximum absolute atomic E-state index is 10.7. The summed E-state index contributed by atoms with van der Waals surface area (Å²) in [4.78, 5) is 20.3. The van der Waals surface area contributed by atoms with Crippen LogP contribution in [0.15, 0.2) is 0 Å². The lowest BCUT2D eigenvalue weighted by Gasteiger charge is -2.00. The number of rotatable bonds is 5. The van der Waals surface area contributed by atoms with Crippen molar-refractivity contribution in [3.8, 4) is 0 Å². The molecule has 58 valence electrons. The van der Waals surface area contributed by atoms with Gasteiger partial charge >= 0.3 is 0 Å². The van der Waals surface area contributed by atoms with Gasteiger partial charge in [-0.15, -0.1) is 0 Å². The molecule has 10 heavy (non-hydrogen) atoms. The van der Waals surface area contributed by atoms with Crippen LogP contribution in [0, 0.1) is 0 Å². The topological polar surface area (TPSA) is 58.2 Å². The molecule has 2 amide bonds. The van der Waals surface area contributed by atoms with Gasteiger partial charge < -0.3 is 10.6 Å². The Balaban J connectivity index is 3.13. The Morgan fingerprint density at radius 3 is 2.80 bits per heavy atom. The van der Waals surface area contributed by atoms with E-state index in [2.05, 4.69) is 10.6 Å². The van der Waals surface area contributed by atoms with E-state index in [1.807, 2.05) is 6.92 Å². The average molecular weight is 144 g/mol. The van der Waals surface area contributed by atoms with Gasteiger partial charge in [-0.2, -0.15) is 0 Å². The van der Waals surface area contributed by atoms with Gasteiger partial charge in [0.1, 0.15) is 0 Å². The summed E-state index contributed by atoms with van der Waals surface area (Å²) >= 11 is 0. The maximum Gasteiger partial charge on any atom is 0.221 e. The van der Waals surface area contributed by atoms with Gasteiger partial charge in [-0.05, 0) is 6.42 Å². The van der Waals surface area contributed by atoms with Gasteiger partial charge in [-0.1, -0.05) is 6.92 Å². The molecule has 4 heteroatoms. The third-order valence-corrected chi connectivity index (χ3v) is 0.948. The summed E-state index contributed by atoms with van der Waals surface area (Å²) < 4.78 is 0. The lowest BCUT2D eigenvalue weighted by Crippen LogP contribution is -2.32. The van der Waals surface area contributed by atoms with E-state index in [-0.39, 0.29) is 12.6 Å². The number of carbonyl (C=O) groups excluding carboxylic acids is 2. The maximum atomic E-state index is 10.7. The molecular weight excluding hydrogens is 132 g/mol. The molecule has 0 rings (SSSR count). The van der Waals surface area contributed by atoms with E-state index >= 15 is 0 Å². The predicted molar refractivity (Wildman–Crippen MR) is 37.1 cm³/mol. The Hall–Kier alpha value is -1.06. The number of hydrogen-bond donors (Lipinski definition) is 2. The molecule has 0 aromatic carbocycles. The van der Waals surface area contributed by atoms with Crippen LogP contribution in [0.1, 0.15) is 19.8 Å². The van der Waals surface area contributed by atoms with E-state index in [0.717, 1.165) is 6.42 Å². The first-order chi connectivity index (χ1) is 4.81. The van der Waals surface area contributed by atoms with Crippen LogP contribution >= 0.6 is 0 Å². The van der Waals surface area contributed by atoms with Crippen molar-refractivity contribution in [2.45, 2.75) is 19.8 Å². The number of nitrogens with one attached hydrogen (secondary N) is 2. The molecule has 0 aliphatic rings. The Kier molecular flexibility index (Phi) is 5.42. The fraction of sp³-hybridized carbons (Fsp3) is 0.667. The summed E-state index contributed by atoms with van der Waals surface area (Å²) in [5.41, 5.74) is 0. The average Bonchev–Trinajstić information content (AvgIpc) is 1.89. The van der Waals surface area contributed by atoms with E-state index < -0.39 is 0 Å². The highest BCUT2D eigenvalue weighted by molar-refractivity contribution is 5.75. The van der Waals surface area contributed by atoms with Crippen molar-refractivity contribution in [1.82, 2.24) is 10.6 Å². The van der Waals surface area contributed by atoms with Crippen molar-refractivity contribution in [2.75, 3.05) is 6.67 Å². The molecule has 0 spiro atoms. The second-order valence-corrected chi connectivity index (χ2v) is 1.85. The minimum absolute atomic E-state index is 0.0307. The van der Waals surface area contributed by atoms with Crippen LogP contribution in [0.25, 0.3) is 0 Å². The Morgan fingerprint density at radius 1 is 1.60 bits per heavy atom. The van der Waals surface area contributed by atoms with E-state index in [1.165, 1.54) is 0 Å². The second-order valence-electron chi connectivity index (χ2n) is 1.85. The zero-order valence-corrected chi connectivity index (χ0v) is 6.02. The van der Waals surface area contributed by atoms with Crippen molar-refractivity contribution in [3.63, 3.8) is 0 Å². The zero-order chi connectivity index (χ0) is 7.82. The molecular formula is C6H12N2O2. The summed E-state index contributed by atoms with van der Waals surface area (Å²) in [7, 11) is 0. The van der Waals surface area contributed by atoms with E-state index in [1.54, 1.807) is 0 Å². The summed E-state index contributed by atoms with van der Waals surface area (Å²) in [5, 5.41) is 4.83. The first-order valence-electron chi connectivity index (χ1n) is 3.25. The van der Waals surface area contributed by atoms with Gasteiger partial charge in [0.25, 0.3) is 0 Å². The quantitative estimate of drug-likeness (QED) is 0.313. The second kappa shape index (κ2) is 6.07. The van der Waals surface area contributed by atoms with E-state index in [0.29, 0.717) is 12.8 Å². The third kappa shape index (κ3) is 5.08. The van der Waals surface area contributed by atoms with Gasteiger partial charge in [0, 0.05) is 6.42 Å². The van der Waals surface area contributed by atoms with Crippen LogP contribution in [0.3, 0.4) is 0 Å². The molecule has 0 radical (unpaired) electrons. The lowest BCUT2D eigenvalue weighted by molar-refractivity contribution is -0.121. The monoisotopic (exact) mass is 144 g/mol. The minimum atomic E-state index is -0.0307. The van der Waals surface area contributed by atoms with Crippen LogP contribution in [-0.4, -0.2) is 19.0 Å². The van der Waals surface area contributed by atoms with Crippen LogP contribution in [0.2, 0.25) is 0 Å². The Labute approximate surface area is 60.0 Å². The standard InChI is InChI=1S/C6H12N2O2/c1-2-3-6(10)8-4-7-5-9/h5H,2-4H2,1H3,(H,7,9)(H,8,10). The fourth-order valence-corrected chi connectivity index (χ4v) is 0.507. The normalized spacial score (nSPS) is 8.50. The summed E-state index contributed by atoms with van der Waals surface area (Å²) in [6.45, 7) is 2.15. The summed E-state index contributed by atoms with van der Waals surface area (Å²) in [6, 6.07) is 0. The van der Waals surface area contributed by atoms with E-state index in [4.69, 9.17) is 0 Å². The van der Waals surface area contributed by atoms with Gasteiger partial charge in [-0.3, -0.25) is 9.59 Å². The minimum Gasteiger partial charge on any atom is -0.341 e. The number of amides is 2. The lowest BCUT2D eigenvalue weighted by atomic mass is 10.3. The molecule has 0 aliphatic heterocycles. The highest BCUT2D eigenvalue weighted by Crippen LogP contribution is 1.83.